The fourth-order valence-electron chi connectivity index (χ4n) is 3.42. The second kappa shape index (κ2) is 11.2. The molecule has 0 spiro atoms. The largest absolute Gasteiger partial charge is 0.493 e. The number of tetrazole rings is 1. The van der Waals surface area contributed by atoms with Gasteiger partial charge in [0.2, 0.25) is 5.91 Å². The number of nitrogens with one attached hydrogen (secondary N) is 2. The molecule has 0 aliphatic carbocycles. The van der Waals surface area contributed by atoms with E-state index in [1.807, 2.05) is 18.2 Å². The Hall–Kier alpha value is -4.08. The Labute approximate surface area is 197 Å². The summed E-state index contributed by atoms with van der Waals surface area (Å²) in [5.74, 6) is 2.38. The van der Waals surface area contributed by atoms with Crippen molar-refractivity contribution in [3.05, 3.63) is 53.9 Å². The van der Waals surface area contributed by atoms with Crippen molar-refractivity contribution >= 4 is 17.7 Å². The van der Waals surface area contributed by atoms with Crippen molar-refractivity contribution in [3.63, 3.8) is 0 Å². The summed E-state index contributed by atoms with van der Waals surface area (Å²) in [4.78, 5) is 12.6. The van der Waals surface area contributed by atoms with Gasteiger partial charge in [-0.3, -0.25) is 4.79 Å². The summed E-state index contributed by atoms with van der Waals surface area (Å²) in [6.45, 7) is 3.04. The molecule has 2 aromatic carbocycles. The second-order valence-electron chi connectivity index (χ2n) is 7.63. The molecule has 0 fully saturated rings. The van der Waals surface area contributed by atoms with Crippen molar-refractivity contribution in [3.8, 4) is 23.0 Å². The van der Waals surface area contributed by atoms with E-state index in [1.165, 1.54) is 6.08 Å². The van der Waals surface area contributed by atoms with Gasteiger partial charge in [0.15, 0.2) is 34.9 Å². The number of nitrogens with zero attached hydrogens (tertiary/aromatic N) is 3. The minimum Gasteiger partial charge on any atom is -0.493 e. The highest BCUT2D eigenvalue weighted by molar-refractivity contribution is 6.03. The van der Waals surface area contributed by atoms with Crippen molar-refractivity contribution in [2.75, 3.05) is 25.6 Å². The van der Waals surface area contributed by atoms with Crippen LogP contribution in [0, 0.1) is 0 Å². The third-order valence-electron chi connectivity index (χ3n) is 5.17. The lowest BCUT2D eigenvalue weighted by molar-refractivity contribution is -0.111. The molecule has 1 aromatic heterocycles. The van der Waals surface area contributed by atoms with Gasteiger partial charge in [-0.15, -0.1) is 5.10 Å². The maximum atomic E-state index is 12.6. The first kappa shape index (κ1) is 23.1. The van der Waals surface area contributed by atoms with Crippen molar-refractivity contribution in [1.29, 1.82) is 0 Å². The van der Waals surface area contributed by atoms with Crippen molar-refractivity contribution in [1.82, 2.24) is 20.6 Å². The molecule has 1 aliphatic rings. The molecule has 34 heavy (non-hydrogen) atoms. The molecule has 2 heterocycles. The van der Waals surface area contributed by atoms with Crippen LogP contribution in [0.3, 0.4) is 0 Å². The summed E-state index contributed by atoms with van der Waals surface area (Å²) in [6.07, 6.45) is 5.89. The van der Waals surface area contributed by atoms with E-state index < -0.39 is 6.10 Å². The Bertz CT molecular complexity index is 1130. The fourth-order valence-corrected chi connectivity index (χ4v) is 3.42. The summed E-state index contributed by atoms with van der Waals surface area (Å²) in [5.41, 5.74) is 1.29. The zero-order chi connectivity index (χ0) is 23.8. The molecule has 178 valence electrons. The predicted molar refractivity (Wildman–Crippen MR) is 125 cm³/mol. The van der Waals surface area contributed by atoms with Crippen molar-refractivity contribution in [2.24, 2.45) is 0 Å². The quantitative estimate of drug-likeness (QED) is 0.341. The SMILES string of the molecule is CCCCCOc1ccc(C=CC(=O)Nc2cccc3c2OC(c2nnn[nH]2)CO3)cc1OC. The predicted octanol–water partition coefficient (Wildman–Crippen LogP) is 3.94. The summed E-state index contributed by atoms with van der Waals surface area (Å²) >= 11 is 0. The number of ether oxygens (including phenoxy) is 4. The van der Waals surface area contributed by atoms with Gasteiger partial charge < -0.3 is 24.3 Å². The number of hydrogen-bond donors (Lipinski definition) is 2. The number of carbonyl (C=O) groups excluding carboxylic acids is 1. The summed E-state index contributed by atoms with van der Waals surface area (Å²) in [7, 11) is 1.59. The fraction of sp³-hybridized carbons (Fsp3) is 0.333. The first-order valence-corrected chi connectivity index (χ1v) is 11.1. The molecule has 0 saturated heterocycles. The number of carbonyl (C=O) groups is 1. The average Bonchev–Trinajstić information content (AvgIpc) is 3.41. The third-order valence-corrected chi connectivity index (χ3v) is 5.17. The van der Waals surface area contributed by atoms with Crippen LogP contribution in [0.5, 0.6) is 23.0 Å². The lowest BCUT2D eigenvalue weighted by Crippen LogP contribution is -2.24. The number of amides is 1. The molecule has 10 nitrogen and oxygen atoms in total. The molecule has 2 N–H and O–H groups in total. The first-order chi connectivity index (χ1) is 16.7. The molecule has 0 radical (unpaired) electrons. The van der Waals surface area contributed by atoms with Gasteiger partial charge in [-0.1, -0.05) is 31.9 Å². The smallest absolute Gasteiger partial charge is 0.248 e. The van der Waals surface area contributed by atoms with Gasteiger partial charge in [0.05, 0.1) is 19.4 Å². The maximum absolute atomic E-state index is 12.6. The average molecular weight is 466 g/mol. The molecule has 4 rings (SSSR count). The summed E-state index contributed by atoms with van der Waals surface area (Å²) < 4.78 is 23.0. The second-order valence-corrected chi connectivity index (χ2v) is 7.63. The van der Waals surface area contributed by atoms with Crippen LogP contribution < -0.4 is 24.3 Å². The number of fused-ring (bicyclic) bond motifs is 1. The van der Waals surface area contributed by atoms with Gasteiger partial charge in [0.1, 0.15) is 6.61 Å². The Morgan fingerprint density at radius 1 is 1.26 bits per heavy atom. The number of aromatic amines is 1. The molecule has 1 unspecified atom stereocenters. The topological polar surface area (TPSA) is 120 Å². The zero-order valence-electron chi connectivity index (χ0n) is 19.1. The molecule has 0 bridgehead atoms. The highest BCUT2D eigenvalue weighted by Gasteiger charge is 2.27. The lowest BCUT2D eigenvalue weighted by Gasteiger charge is -2.26. The molecule has 1 atom stereocenters. The van der Waals surface area contributed by atoms with Crippen LogP contribution in [0.15, 0.2) is 42.5 Å². The number of benzene rings is 2. The standard InChI is InChI=1S/C24H27N5O5/c1-3-4-5-13-32-18-11-9-16(14-20(18)31-2)10-12-22(30)25-17-7-6-8-19-23(17)34-21(15-33-19)24-26-28-29-27-24/h6-12,14,21H,3-5,13,15H2,1-2H3,(H,25,30)(H,26,27,28,29). The number of aromatic nitrogens is 4. The van der Waals surface area contributed by atoms with Crippen LogP contribution >= 0.6 is 0 Å². The van der Waals surface area contributed by atoms with Gasteiger partial charge in [-0.25, -0.2) is 5.10 Å². The number of rotatable bonds is 10. The highest BCUT2D eigenvalue weighted by Crippen LogP contribution is 2.41. The number of unbranched alkanes of at least 4 members (excludes halogenated alkanes) is 2. The van der Waals surface area contributed by atoms with Gasteiger partial charge in [0.25, 0.3) is 0 Å². The van der Waals surface area contributed by atoms with Gasteiger partial charge in [-0.2, -0.15) is 0 Å². The van der Waals surface area contributed by atoms with E-state index in [4.69, 9.17) is 18.9 Å². The molecule has 10 heteroatoms. The van der Waals surface area contributed by atoms with E-state index in [9.17, 15) is 4.79 Å². The molecule has 0 saturated carbocycles. The lowest BCUT2D eigenvalue weighted by atomic mass is 10.2. The van der Waals surface area contributed by atoms with Crippen LogP contribution in [0.1, 0.15) is 43.7 Å². The van der Waals surface area contributed by atoms with Gasteiger partial charge in [-0.05, 0) is 52.8 Å². The molecular formula is C24H27N5O5. The van der Waals surface area contributed by atoms with E-state index in [1.54, 1.807) is 31.4 Å². The van der Waals surface area contributed by atoms with E-state index in [-0.39, 0.29) is 12.5 Å². The van der Waals surface area contributed by atoms with Crippen LogP contribution in [-0.4, -0.2) is 46.9 Å². The van der Waals surface area contributed by atoms with Gasteiger partial charge in [0, 0.05) is 6.08 Å². The molecule has 3 aromatic rings. The molecule has 1 aliphatic heterocycles. The minimum absolute atomic E-state index is 0.251. The normalized spacial score (nSPS) is 14.7. The van der Waals surface area contributed by atoms with E-state index in [0.717, 1.165) is 24.8 Å². The Morgan fingerprint density at radius 2 is 2.18 bits per heavy atom. The summed E-state index contributed by atoms with van der Waals surface area (Å²) in [6, 6.07) is 10.8. The van der Waals surface area contributed by atoms with Crippen molar-refractivity contribution < 1.29 is 23.7 Å². The van der Waals surface area contributed by atoms with E-state index >= 15 is 0 Å². The number of hydrogen-bond acceptors (Lipinski definition) is 8. The van der Waals surface area contributed by atoms with Crippen LogP contribution in [-0.2, 0) is 4.79 Å². The Kier molecular flexibility index (Phi) is 7.59. The zero-order valence-corrected chi connectivity index (χ0v) is 19.1. The van der Waals surface area contributed by atoms with Crippen molar-refractivity contribution in [2.45, 2.75) is 32.3 Å². The van der Waals surface area contributed by atoms with Crippen LogP contribution in [0.2, 0.25) is 0 Å². The number of para-hydroxylation sites is 1. The maximum Gasteiger partial charge on any atom is 0.248 e. The summed E-state index contributed by atoms with van der Waals surface area (Å²) in [5, 5.41) is 16.5. The first-order valence-electron chi connectivity index (χ1n) is 11.1. The van der Waals surface area contributed by atoms with E-state index in [0.29, 0.717) is 41.1 Å². The van der Waals surface area contributed by atoms with Gasteiger partial charge >= 0.3 is 0 Å². The Morgan fingerprint density at radius 3 is 2.97 bits per heavy atom. The number of anilines is 1. The molecular weight excluding hydrogens is 438 g/mol. The van der Waals surface area contributed by atoms with Crippen LogP contribution in [0.4, 0.5) is 5.69 Å². The van der Waals surface area contributed by atoms with E-state index in [2.05, 4.69) is 32.9 Å². The number of H-pyrrole nitrogens is 1. The molecule has 1 amide bonds. The third kappa shape index (κ3) is 5.64. The highest BCUT2D eigenvalue weighted by atomic mass is 16.6. The Balaban J connectivity index is 1.41. The number of methoxy groups -OCH3 is 1. The minimum atomic E-state index is -0.508. The van der Waals surface area contributed by atoms with Crippen LogP contribution in [0.25, 0.3) is 6.08 Å². The monoisotopic (exact) mass is 465 g/mol.